The van der Waals surface area contributed by atoms with Gasteiger partial charge in [-0.2, -0.15) is 0 Å². The normalized spacial score (nSPS) is 17.7. The van der Waals surface area contributed by atoms with Crippen molar-refractivity contribution in [2.24, 2.45) is 5.73 Å². The molecule has 1 aromatic rings. The summed E-state index contributed by atoms with van der Waals surface area (Å²) in [6.07, 6.45) is 2.32. The molecule has 0 unspecified atom stereocenters. The second-order valence-electron chi connectivity index (χ2n) is 4.78. The van der Waals surface area contributed by atoms with Crippen LogP contribution in [0.4, 0.5) is 0 Å². The van der Waals surface area contributed by atoms with Crippen LogP contribution in [0.25, 0.3) is 0 Å². The van der Waals surface area contributed by atoms with E-state index < -0.39 is 0 Å². The molecule has 0 amide bonds. The highest BCUT2D eigenvalue weighted by Gasteiger charge is 2.18. The van der Waals surface area contributed by atoms with E-state index in [1.54, 1.807) is 12.1 Å². The average Bonchev–Trinajstić information content (AvgIpc) is 2.41. The van der Waals surface area contributed by atoms with Crippen LogP contribution in [-0.2, 0) is 0 Å². The lowest BCUT2D eigenvalue weighted by Gasteiger charge is -2.29. The minimum absolute atomic E-state index is 0.0394. The molecule has 0 aromatic heterocycles. The third-order valence-corrected chi connectivity index (χ3v) is 3.31. The van der Waals surface area contributed by atoms with Gasteiger partial charge in [0.15, 0.2) is 5.78 Å². The number of ether oxygens (including phenoxy) is 1. The first kappa shape index (κ1) is 13.1. The maximum absolute atomic E-state index is 11.5. The molecule has 1 aromatic carbocycles. The number of hydrogen-bond donors (Lipinski definition) is 1. The maximum atomic E-state index is 11.5. The van der Waals surface area contributed by atoms with E-state index in [9.17, 15) is 4.79 Å². The lowest BCUT2D eigenvalue weighted by Crippen LogP contribution is -2.35. The molecule has 4 heteroatoms. The molecule has 1 aliphatic heterocycles. The fourth-order valence-electron chi connectivity index (χ4n) is 2.16. The Hall–Kier alpha value is -1.39. The fraction of sp³-hybridized carbons (Fsp3) is 0.500. The molecule has 4 nitrogen and oxygen atoms in total. The first-order chi connectivity index (χ1) is 8.69. The Morgan fingerprint density at radius 2 is 2.17 bits per heavy atom. The van der Waals surface area contributed by atoms with Gasteiger partial charge >= 0.3 is 0 Å². The van der Waals surface area contributed by atoms with Gasteiger partial charge in [-0.05, 0) is 32.0 Å². The molecule has 0 saturated carbocycles. The second kappa shape index (κ2) is 5.98. The molecule has 0 bridgehead atoms. The van der Waals surface area contributed by atoms with Crippen molar-refractivity contribution in [3.8, 4) is 5.75 Å². The van der Waals surface area contributed by atoms with Gasteiger partial charge in [0.1, 0.15) is 11.9 Å². The zero-order chi connectivity index (χ0) is 13.0. The van der Waals surface area contributed by atoms with Gasteiger partial charge in [0.2, 0.25) is 0 Å². The fourth-order valence-corrected chi connectivity index (χ4v) is 2.16. The molecule has 0 radical (unpaired) electrons. The number of piperidine rings is 1. The van der Waals surface area contributed by atoms with Gasteiger partial charge in [-0.15, -0.1) is 0 Å². The predicted molar refractivity (Wildman–Crippen MR) is 71.0 cm³/mol. The van der Waals surface area contributed by atoms with E-state index in [4.69, 9.17) is 10.5 Å². The molecule has 0 atom stereocenters. The standard InChI is InChI=1S/C14H20N2O2/c1-16-7-5-12(6-8-16)18-13-4-2-3-11(9-13)14(17)10-15/h2-4,9,12H,5-8,10,15H2,1H3. The molecule has 98 valence electrons. The van der Waals surface area contributed by atoms with Gasteiger partial charge in [0, 0.05) is 18.7 Å². The molecule has 1 saturated heterocycles. The smallest absolute Gasteiger partial charge is 0.176 e. The predicted octanol–water partition coefficient (Wildman–Crippen LogP) is 1.30. The van der Waals surface area contributed by atoms with Crippen molar-refractivity contribution in [2.75, 3.05) is 26.7 Å². The van der Waals surface area contributed by atoms with E-state index in [0.29, 0.717) is 5.56 Å². The van der Waals surface area contributed by atoms with E-state index in [2.05, 4.69) is 11.9 Å². The number of ketones is 1. The van der Waals surface area contributed by atoms with Crippen molar-refractivity contribution in [3.63, 3.8) is 0 Å². The second-order valence-corrected chi connectivity index (χ2v) is 4.78. The van der Waals surface area contributed by atoms with Gasteiger partial charge in [-0.1, -0.05) is 12.1 Å². The van der Waals surface area contributed by atoms with Gasteiger partial charge in [-0.25, -0.2) is 0 Å². The van der Waals surface area contributed by atoms with E-state index in [-0.39, 0.29) is 18.4 Å². The molecule has 2 rings (SSSR count). The number of hydrogen-bond acceptors (Lipinski definition) is 4. The van der Waals surface area contributed by atoms with Gasteiger partial charge in [-0.3, -0.25) is 4.79 Å². The van der Waals surface area contributed by atoms with Crippen molar-refractivity contribution in [2.45, 2.75) is 18.9 Å². The molecule has 1 heterocycles. The number of nitrogens with two attached hydrogens (primary N) is 1. The van der Waals surface area contributed by atoms with Crippen molar-refractivity contribution in [3.05, 3.63) is 29.8 Å². The van der Waals surface area contributed by atoms with Gasteiger partial charge in [0.25, 0.3) is 0 Å². The Balaban J connectivity index is 1.99. The monoisotopic (exact) mass is 248 g/mol. The van der Waals surface area contributed by atoms with Crippen molar-refractivity contribution >= 4 is 5.78 Å². The number of rotatable bonds is 4. The van der Waals surface area contributed by atoms with E-state index in [0.717, 1.165) is 31.7 Å². The highest BCUT2D eigenvalue weighted by molar-refractivity contribution is 5.97. The minimum atomic E-state index is -0.0520. The van der Waals surface area contributed by atoms with Gasteiger partial charge in [0.05, 0.1) is 6.54 Å². The highest BCUT2D eigenvalue weighted by atomic mass is 16.5. The molecule has 0 aliphatic carbocycles. The number of carbonyl (C=O) groups excluding carboxylic acids is 1. The first-order valence-electron chi connectivity index (χ1n) is 6.37. The Bertz CT molecular complexity index is 412. The summed E-state index contributed by atoms with van der Waals surface area (Å²) >= 11 is 0. The van der Waals surface area contributed by atoms with Crippen LogP contribution in [0.15, 0.2) is 24.3 Å². The summed E-state index contributed by atoms with van der Waals surface area (Å²) in [5.74, 6) is 0.715. The largest absolute Gasteiger partial charge is 0.490 e. The molecular weight excluding hydrogens is 228 g/mol. The number of likely N-dealkylation sites (tertiary alicyclic amines) is 1. The lowest BCUT2D eigenvalue weighted by molar-refractivity contribution is 0.0997. The lowest BCUT2D eigenvalue weighted by atomic mass is 10.1. The first-order valence-corrected chi connectivity index (χ1v) is 6.37. The Morgan fingerprint density at radius 1 is 1.44 bits per heavy atom. The number of carbonyl (C=O) groups is 1. The summed E-state index contributed by atoms with van der Waals surface area (Å²) < 4.78 is 5.92. The molecule has 2 N–H and O–H groups in total. The van der Waals surface area contributed by atoms with Gasteiger partial charge < -0.3 is 15.4 Å². The summed E-state index contributed by atoms with van der Waals surface area (Å²) in [4.78, 5) is 13.8. The topological polar surface area (TPSA) is 55.6 Å². The molecular formula is C14H20N2O2. The van der Waals surface area contributed by atoms with Crippen LogP contribution in [-0.4, -0.2) is 43.5 Å². The van der Waals surface area contributed by atoms with Crippen molar-refractivity contribution < 1.29 is 9.53 Å². The highest BCUT2D eigenvalue weighted by Crippen LogP contribution is 2.19. The van der Waals surface area contributed by atoms with E-state index in [1.165, 1.54) is 0 Å². The maximum Gasteiger partial charge on any atom is 0.176 e. The number of benzene rings is 1. The van der Waals surface area contributed by atoms with Crippen LogP contribution < -0.4 is 10.5 Å². The van der Waals surface area contributed by atoms with Crippen molar-refractivity contribution in [1.82, 2.24) is 4.90 Å². The molecule has 0 spiro atoms. The summed E-state index contributed by atoms with van der Waals surface area (Å²) in [7, 11) is 2.12. The van der Waals surface area contributed by atoms with E-state index in [1.807, 2.05) is 12.1 Å². The average molecular weight is 248 g/mol. The van der Waals surface area contributed by atoms with Crippen LogP contribution in [0.5, 0.6) is 5.75 Å². The van der Waals surface area contributed by atoms with Crippen LogP contribution in [0, 0.1) is 0 Å². The molecule has 1 aliphatic rings. The number of Topliss-reactive ketones (excluding diaryl/α,β-unsaturated/α-hetero) is 1. The zero-order valence-corrected chi connectivity index (χ0v) is 10.8. The summed E-state index contributed by atoms with van der Waals surface area (Å²) in [6, 6.07) is 7.29. The summed E-state index contributed by atoms with van der Waals surface area (Å²) in [5, 5.41) is 0. The zero-order valence-electron chi connectivity index (χ0n) is 10.8. The molecule has 1 fully saturated rings. The van der Waals surface area contributed by atoms with Crippen LogP contribution in [0.1, 0.15) is 23.2 Å². The Labute approximate surface area is 108 Å². The Morgan fingerprint density at radius 3 is 2.83 bits per heavy atom. The van der Waals surface area contributed by atoms with Crippen molar-refractivity contribution in [1.29, 1.82) is 0 Å². The third kappa shape index (κ3) is 3.31. The Kier molecular flexibility index (Phi) is 4.33. The van der Waals surface area contributed by atoms with E-state index >= 15 is 0 Å². The van der Waals surface area contributed by atoms with Crippen LogP contribution >= 0.6 is 0 Å². The SMILES string of the molecule is CN1CCC(Oc2cccc(C(=O)CN)c2)CC1. The summed E-state index contributed by atoms with van der Waals surface area (Å²) in [6.45, 7) is 2.16. The minimum Gasteiger partial charge on any atom is -0.490 e. The van der Waals surface area contributed by atoms with Crippen LogP contribution in [0.2, 0.25) is 0 Å². The summed E-state index contributed by atoms with van der Waals surface area (Å²) in [5.41, 5.74) is 5.99. The third-order valence-electron chi connectivity index (χ3n) is 3.31. The quantitative estimate of drug-likeness (QED) is 0.816. The van der Waals surface area contributed by atoms with Crippen LogP contribution in [0.3, 0.4) is 0 Å². The molecule has 18 heavy (non-hydrogen) atoms. The number of nitrogens with zero attached hydrogens (tertiary/aromatic N) is 1.